The van der Waals surface area contributed by atoms with Crippen molar-refractivity contribution >= 4 is 11.9 Å². The predicted molar refractivity (Wildman–Crippen MR) is 37.5 cm³/mol. The van der Waals surface area contributed by atoms with Gasteiger partial charge in [0.05, 0.1) is 5.92 Å². The molecule has 0 aromatic rings. The van der Waals surface area contributed by atoms with E-state index in [4.69, 9.17) is 5.73 Å². The quantitative estimate of drug-likeness (QED) is 0.577. The molecule has 1 saturated carbocycles. The molecule has 62 valence electrons. The molecule has 1 aliphatic carbocycles. The number of amides is 1. The van der Waals surface area contributed by atoms with Gasteiger partial charge in [0.25, 0.3) is 5.91 Å². The highest BCUT2D eigenvalue weighted by molar-refractivity contribution is 5.80. The molecule has 4 heteroatoms. The van der Waals surface area contributed by atoms with Gasteiger partial charge in [-0.2, -0.15) is 0 Å². The molecule has 0 aromatic heterocycles. The van der Waals surface area contributed by atoms with Crippen molar-refractivity contribution in [3.63, 3.8) is 0 Å². The zero-order valence-corrected chi connectivity index (χ0v) is 6.21. The van der Waals surface area contributed by atoms with E-state index >= 15 is 0 Å². The van der Waals surface area contributed by atoms with Gasteiger partial charge < -0.3 is 10.5 Å². The zero-order chi connectivity index (χ0) is 8.27. The topological polar surface area (TPSA) is 69.4 Å². The van der Waals surface area contributed by atoms with E-state index in [2.05, 4.69) is 4.74 Å². The molecule has 0 aliphatic heterocycles. The van der Waals surface area contributed by atoms with Gasteiger partial charge in [-0.3, -0.25) is 9.59 Å². The van der Waals surface area contributed by atoms with Gasteiger partial charge >= 0.3 is 5.97 Å². The van der Waals surface area contributed by atoms with Crippen LogP contribution in [0.4, 0.5) is 0 Å². The molecule has 2 N–H and O–H groups in total. The van der Waals surface area contributed by atoms with Gasteiger partial charge in [-0.05, 0) is 12.8 Å². The molecule has 0 saturated heterocycles. The molecule has 0 atom stereocenters. The lowest BCUT2D eigenvalue weighted by Crippen LogP contribution is -2.28. The van der Waals surface area contributed by atoms with Crippen molar-refractivity contribution in [2.45, 2.75) is 19.3 Å². The minimum absolute atomic E-state index is 0.0225. The summed E-state index contributed by atoms with van der Waals surface area (Å²) in [6, 6.07) is 0. The third kappa shape index (κ3) is 2.22. The average Bonchev–Trinajstić information content (AvgIpc) is 1.79. The zero-order valence-electron chi connectivity index (χ0n) is 6.21. The van der Waals surface area contributed by atoms with Crippen molar-refractivity contribution in [3.05, 3.63) is 0 Å². The summed E-state index contributed by atoms with van der Waals surface area (Å²) in [5.41, 5.74) is 4.78. The van der Waals surface area contributed by atoms with E-state index in [0.29, 0.717) is 0 Å². The number of primary amides is 1. The van der Waals surface area contributed by atoms with Crippen LogP contribution in [0.25, 0.3) is 0 Å². The van der Waals surface area contributed by atoms with Crippen LogP contribution in [0.15, 0.2) is 0 Å². The van der Waals surface area contributed by atoms with Crippen molar-refractivity contribution in [1.82, 2.24) is 0 Å². The number of nitrogens with two attached hydrogens (primary N) is 1. The van der Waals surface area contributed by atoms with Gasteiger partial charge in [-0.25, -0.2) is 0 Å². The van der Waals surface area contributed by atoms with Crippen LogP contribution in [0, 0.1) is 5.92 Å². The molecule has 1 fully saturated rings. The first-order valence-electron chi connectivity index (χ1n) is 3.65. The van der Waals surface area contributed by atoms with Crippen molar-refractivity contribution in [1.29, 1.82) is 0 Å². The highest BCUT2D eigenvalue weighted by Crippen LogP contribution is 2.27. The molecule has 0 radical (unpaired) electrons. The molecule has 0 unspecified atom stereocenters. The van der Waals surface area contributed by atoms with E-state index in [1.54, 1.807) is 0 Å². The molecule has 11 heavy (non-hydrogen) atoms. The Hall–Kier alpha value is -1.06. The Kier molecular flexibility index (Phi) is 2.46. The second kappa shape index (κ2) is 3.37. The second-order valence-electron chi connectivity index (χ2n) is 2.70. The summed E-state index contributed by atoms with van der Waals surface area (Å²) in [6.45, 7) is -0.282. The minimum Gasteiger partial charge on any atom is -0.455 e. The standard InChI is InChI=1S/C7H11NO3/c8-6(9)4-11-7(10)5-2-1-3-5/h5H,1-4H2,(H2,8,9). The summed E-state index contributed by atoms with van der Waals surface area (Å²) in [5.74, 6) is -0.859. The molecule has 0 heterocycles. The number of ether oxygens (including phenoxy) is 1. The normalized spacial score (nSPS) is 17.1. The van der Waals surface area contributed by atoms with E-state index in [-0.39, 0.29) is 18.5 Å². The lowest BCUT2D eigenvalue weighted by atomic mass is 9.86. The lowest BCUT2D eigenvalue weighted by molar-refractivity contribution is -0.154. The number of carbonyl (C=O) groups is 2. The summed E-state index contributed by atoms with van der Waals surface area (Å²) < 4.78 is 4.59. The van der Waals surface area contributed by atoms with Crippen LogP contribution < -0.4 is 5.73 Å². The number of hydrogen-bond acceptors (Lipinski definition) is 3. The van der Waals surface area contributed by atoms with E-state index < -0.39 is 5.91 Å². The Morgan fingerprint density at radius 3 is 2.45 bits per heavy atom. The number of carbonyl (C=O) groups excluding carboxylic acids is 2. The van der Waals surface area contributed by atoms with Crippen molar-refractivity contribution in [3.8, 4) is 0 Å². The molecule has 0 spiro atoms. The van der Waals surface area contributed by atoms with Crippen molar-refractivity contribution < 1.29 is 14.3 Å². The summed E-state index contributed by atoms with van der Waals surface area (Å²) >= 11 is 0. The Morgan fingerprint density at radius 1 is 1.45 bits per heavy atom. The van der Waals surface area contributed by atoms with Gasteiger partial charge in [-0.15, -0.1) is 0 Å². The number of hydrogen-bond donors (Lipinski definition) is 1. The van der Waals surface area contributed by atoms with Crippen LogP contribution >= 0.6 is 0 Å². The highest BCUT2D eigenvalue weighted by Gasteiger charge is 2.26. The number of rotatable bonds is 3. The minimum atomic E-state index is -0.599. The highest BCUT2D eigenvalue weighted by atomic mass is 16.5. The van der Waals surface area contributed by atoms with Crippen LogP contribution in [0.1, 0.15) is 19.3 Å². The summed E-state index contributed by atoms with van der Waals surface area (Å²) in [5, 5.41) is 0. The number of esters is 1. The fraction of sp³-hybridized carbons (Fsp3) is 0.714. The summed E-state index contributed by atoms with van der Waals surface area (Å²) in [4.78, 5) is 21.1. The third-order valence-corrected chi connectivity index (χ3v) is 1.80. The van der Waals surface area contributed by atoms with Gasteiger partial charge in [0, 0.05) is 0 Å². The SMILES string of the molecule is NC(=O)COC(=O)C1CCC1. The van der Waals surface area contributed by atoms with Crippen LogP contribution in [0.2, 0.25) is 0 Å². The van der Waals surface area contributed by atoms with E-state index in [1.165, 1.54) is 0 Å². The largest absolute Gasteiger partial charge is 0.455 e. The first kappa shape index (κ1) is 8.04. The Balaban J connectivity index is 2.15. The van der Waals surface area contributed by atoms with Crippen LogP contribution in [0.3, 0.4) is 0 Å². The second-order valence-corrected chi connectivity index (χ2v) is 2.70. The maximum absolute atomic E-state index is 10.9. The summed E-state index contributed by atoms with van der Waals surface area (Å²) in [7, 11) is 0. The van der Waals surface area contributed by atoms with E-state index in [1.807, 2.05) is 0 Å². The Morgan fingerprint density at radius 2 is 2.09 bits per heavy atom. The van der Waals surface area contributed by atoms with Gasteiger partial charge in [0.2, 0.25) is 0 Å². The molecule has 0 aromatic carbocycles. The molecule has 1 rings (SSSR count). The lowest BCUT2D eigenvalue weighted by Gasteiger charge is -2.22. The van der Waals surface area contributed by atoms with Crippen LogP contribution in [-0.4, -0.2) is 18.5 Å². The maximum Gasteiger partial charge on any atom is 0.309 e. The van der Waals surface area contributed by atoms with Gasteiger partial charge in [0.15, 0.2) is 6.61 Å². The van der Waals surface area contributed by atoms with Gasteiger partial charge in [-0.1, -0.05) is 6.42 Å². The molecular weight excluding hydrogens is 146 g/mol. The Bertz CT molecular complexity index is 175. The van der Waals surface area contributed by atoms with Crippen LogP contribution in [0.5, 0.6) is 0 Å². The van der Waals surface area contributed by atoms with Crippen molar-refractivity contribution in [2.24, 2.45) is 11.7 Å². The fourth-order valence-electron chi connectivity index (χ4n) is 0.904. The molecular formula is C7H11NO3. The van der Waals surface area contributed by atoms with Crippen molar-refractivity contribution in [2.75, 3.05) is 6.61 Å². The first-order valence-corrected chi connectivity index (χ1v) is 3.65. The van der Waals surface area contributed by atoms with E-state index in [0.717, 1.165) is 19.3 Å². The average molecular weight is 157 g/mol. The molecule has 1 amide bonds. The summed E-state index contributed by atoms with van der Waals surface area (Å²) in [6.07, 6.45) is 2.85. The Labute approximate surface area is 64.7 Å². The van der Waals surface area contributed by atoms with E-state index in [9.17, 15) is 9.59 Å². The molecule has 0 bridgehead atoms. The molecule has 4 nitrogen and oxygen atoms in total. The fourth-order valence-corrected chi connectivity index (χ4v) is 0.904. The predicted octanol–water partition coefficient (Wildman–Crippen LogP) is -0.185. The smallest absolute Gasteiger partial charge is 0.309 e. The molecule has 1 aliphatic rings. The van der Waals surface area contributed by atoms with Crippen LogP contribution in [-0.2, 0) is 14.3 Å². The monoisotopic (exact) mass is 157 g/mol. The maximum atomic E-state index is 10.9. The first-order chi connectivity index (χ1) is 5.20. The third-order valence-electron chi connectivity index (χ3n) is 1.80. The van der Waals surface area contributed by atoms with Gasteiger partial charge in [0.1, 0.15) is 0 Å².